The van der Waals surface area contributed by atoms with Crippen molar-refractivity contribution in [3.63, 3.8) is 0 Å². The van der Waals surface area contributed by atoms with Gasteiger partial charge in [0.05, 0.1) is 27.4 Å². The van der Waals surface area contributed by atoms with Crippen LogP contribution in [0.5, 0.6) is 0 Å². The number of benzene rings is 2. The molecule has 1 aromatic heterocycles. The molecular formula is C23H24N2O3S2. The van der Waals surface area contributed by atoms with Gasteiger partial charge in [0.15, 0.2) is 14.6 Å². The maximum absolute atomic E-state index is 12.4. The van der Waals surface area contributed by atoms with E-state index >= 15 is 0 Å². The third-order valence-electron chi connectivity index (χ3n) is 4.81. The number of fused-ring (bicyclic) bond motifs is 1. The van der Waals surface area contributed by atoms with Crippen LogP contribution in [0.25, 0.3) is 10.2 Å². The first-order chi connectivity index (χ1) is 14.3. The number of rotatable bonds is 7. The molecule has 7 heteroatoms. The van der Waals surface area contributed by atoms with Gasteiger partial charge >= 0.3 is 0 Å². The highest BCUT2D eigenvalue weighted by molar-refractivity contribution is 7.91. The second kappa shape index (κ2) is 9.41. The molecule has 5 nitrogen and oxygen atoms in total. The van der Waals surface area contributed by atoms with Gasteiger partial charge in [-0.3, -0.25) is 4.79 Å². The Morgan fingerprint density at radius 3 is 2.60 bits per heavy atom. The molecule has 0 saturated heterocycles. The third-order valence-corrected chi connectivity index (χ3v) is 7.67. The summed E-state index contributed by atoms with van der Waals surface area (Å²) in [4.78, 5) is 17.5. The molecule has 3 rings (SSSR count). The van der Waals surface area contributed by atoms with E-state index in [-0.39, 0.29) is 29.4 Å². The van der Waals surface area contributed by atoms with Crippen molar-refractivity contribution < 1.29 is 13.2 Å². The van der Waals surface area contributed by atoms with E-state index in [2.05, 4.69) is 23.9 Å². The molecule has 0 N–H and O–H groups in total. The molecule has 0 atom stereocenters. The number of aryl methyl sites for hydroxylation is 2. The molecule has 1 amide bonds. The summed E-state index contributed by atoms with van der Waals surface area (Å²) in [7, 11) is -3.41. The number of thiazole rings is 1. The zero-order valence-electron chi connectivity index (χ0n) is 17.1. The van der Waals surface area contributed by atoms with E-state index in [0.29, 0.717) is 11.3 Å². The number of amides is 1. The van der Waals surface area contributed by atoms with Crippen LogP contribution in [0, 0.1) is 19.3 Å². The van der Waals surface area contributed by atoms with E-state index in [1.807, 2.05) is 23.6 Å². The minimum atomic E-state index is -3.41. The molecule has 3 aromatic rings. The highest BCUT2D eigenvalue weighted by Gasteiger charge is 2.15. The van der Waals surface area contributed by atoms with E-state index in [0.717, 1.165) is 22.2 Å². The Balaban J connectivity index is 1.76. The van der Waals surface area contributed by atoms with Crippen LogP contribution in [0.15, 0.2) is 52.4 Å². The van der Waals surface area contributed by atoms with Gasteiger partial charge in [-0.15, -0.1) is 6.42 Å². The largest absolute Gasteiger partial charge is 0.305 e. The molecular weight excluding hydrogens is 416 g/mol. The fourth-order valence-electron chi connectivity index (χ4n) is 3.11. The summed E-state index contributed by atoms with van der Waals surface area (Å²) >= 11 is 1.42. The lowest BCUT2D eigenvalue weighted by Crippen LogP contribution is -2.16. The van der Waals surface area contributed by atoms with E-state index in [1.54, 1.807) is 24.3 Å². The Morgan fingerprint density at radius 1 is 1.20 bits per heavy atom. The summed E-state index contributed by atoms with van der Waals surface area (Å²) in [6, 6.07) is 12.9. The van der Waals surface area contributed by atoms with Crippen LogP contribution in [0.3, 0.4) is 0 Å². The zero-order valence-corrected chi connectivity index (χ0v) is 18.7. The predicted molar refractivity (Wildman–Crippen MR) is 121 cm³/mol. The van der Waals surface area contributed by atoms with Crippen LogP contribution in [0.2, 0.25) is 0 Å². The predicted octanol–water partition coefficient (Wildman–Crippen LogP) is 3.89. The monoisotopic (exact) mass is 440 g/mol. The summed E-state index contributed by atoms with van der Waals surface area (Å²) in [6.45, 7) is 4.31. The van der Waals surface area contributed by atoms with Crippen molar-refractivity contribution in [2.45, 2.75) is 44.6 Å². The second-order valence-electron chi connectivity index (χ2n) is 7.07. The summed E-state index contributed by atoms with van der Waals surface area (Å²) in [5, 5.41) is 0. The maximum atomic E-state index is 12.4. The number of carbonyl (C=O) groups is 1. The number of sulfone groups is 1. The Labute approximate surface area is 181 Å². The minimum absolute atomic E-state index is 0.0651. The van der Waals surface area contributed by atoms with E-state index in [1.165, 1.54) is 16.9 Å². The van der Waals surface area contributed by atoms with Gasteiger partial charge in [-0.1, -0.05) is 47.9 Å². The van der Waals surface area contributed by atoms with E-state index in [4.69, 9.17) is 6.42 Å². The molecule has 0 spiro atoms. The van der Waals surface area contributed by atoms with Gasteiger partial charge in [0.2, 0.25) is 5.91 Å². The SMILES string of the molecule is C#CCn1c(=NC(=O)CCCS(=O)(=O)c2ccc(C)cc2)sc2cc(CC)ccc21. The molecule has 0 saturated carbocycles. The lowest BCUT2D eigenvalue weighted by molar-refractivity contribution is -0.118. The van der Waals surface area contributed by atoms with Crippen molar-refractivity contribution in [1.82, 2.24) is 4.57 Å². The normalized spacial score (nSPS) is 12.2. The molecule has 0 bridgehead atoms. The highest BCUT2D eigenvalue weighted by Crippen LogP contribution is 2.20. The molecule has 30 heavy (non-hydrogen) atoms. The first kappa shape index (κ1) is 22.0. The first-order valence-corrected chi connectivity index (χ1v) is 12.2. The number of aromatic nitrogens is 1. The molecule has 0 radical (unpaired) electrons. The Bertz CT molecular complexity index is 1270. The van der Waals surface area contributed by atoms with Gasteiger partial charge < -0.3 is 4.57 Å². The van der Waals surface area contributed by atoms with Crippen LogP contribution in [-0.4, -0.2) is 24.6 Å². The third kappa shape index (κ3) is 5.07. The Morgan fingerprint density at radius 2 is 1.93 bits per heavy atom. The average Bonchev–Trinajstić information content (AvgIpc) is 3.04. The number of carbonyl (C=O) groups excluding carboxylic acids is 1. The van der Waals surface area contributed by atoms with Crippen molar-refractivity contribution in [2.75, 3.05) is 5.75 Å². The summed E-state index contributed by atoms with van der Waals surface area (Å²) in [5.74, 6) is 2.17. The molecule has 0 aliphatic heterocycles. The number of nitrogens with zero attached hydrogens (tertiary/aromatic N) is 2. The molecule has 0 aliphatic carbocycles. The van der Waals surface area contributed by atoms with Crippen LogP contribution in [-0.2, 0) is 27.6 Å². The van der Waals surface area contributed by atoms with Crippen molar-refractivity contribution in [3.8, 4) is 12.3 Å². The molecule has 2 aromatic carbocycles. The zero-order chi connectivity index (χ0) is 21.7. The standard InChI is InChI=1S/C23H24N2O3S2/c1-4-14-25-20-13-10-18(5-2)16-21(20)29-23(25)24-22(26)7-6-15-30(27,28)19-11-8-17(3)9-12-19/h1,8-13,16H,5-7,14-15H2,2-3H3. The maximum Gasteiger partial charge on any atom is 0.248 e. The first-order valence-electron chi connectivity index (χ1n) is 9.77. The van der Waals surface area contributed by atoms with Crippen molar-refractivity contribution in [3.05, 3.63) is 58.4 Å². The highest BCUT2D eigenvalue weighted by atomic mass is 32.2. The van der Waals surface area contributed by atoms with Gasteiger partial charge in [-0.25, -0.2) is 8.42 Å². The molecule has 0 aliphatic rings. The number of hydrogen-bond acceptors (Lipinski definition) is 4. The van der Waals surface area contributed by atoms with Crippen LogP contribution < -0.4 is 4.80 Å². The van der Waals surface area contributed by atoms with Gasteiger partial charge in [-0.2, -0.15) is 4.99 Å². The molecule has 156 valence electrons. The van der Waals surface area contributed by atoms with E-state index < -0.39 is 9.84 Å². The van der Waals surface area contributed by atoms with Crippen LogP contribution in [0.4, 0.5) is 0 Å². The van der Waals surface area contributed by atoms with Gasteiger partial charge in [0, 0.05) is 6.42 Å². The fourth-order valence-corrected chi connectivity index (χ4v) is 5.53. The van der Waals surface area contributed by atoms with Crippen molar-refractivity contribution >= 4 is 37.3 Å². The second-order valence-corrected chi connectivity index (χ2v) is 10.2. The molecule has 0 fully saturated rings. The molecule has 0 unspecified atom stereocenters. The average molecular weight is 441 g/mol. The summed E-state index contributed by atoms with van der Waals surface area (Å²) in [5.41, 5.74) is 3.15. The number of hydrogen-bond donors (Lipinski definition) is 0. The van der Waals surface area contributed by atoms with Gasteiger partial charge in [0.25, 0.3) is 0 Å². The molecule has 1 heterocycles. The number of terminal acetylenes is 1. The summed E-state index contributed by atoms with van der Waals surface area (Å²) < 4.78 is 27.7. The minimum Gasteiger partial charge on any atom is -0.305 e. The van der Waals surface area contributed by atoms with Crippen LogP contribution >= 0.6 is 11.3 Å². The smallest absolute Gasteiger partial charge is 0.248 e. The van der Waals surface area contributed by atoms with E-state index in [9.17, 15) is 13.2 Å². The van der Waals surface area contributed by atoms with Crippen molar-refractivity contribution in [1.29, 1.82) is 0 Å². The van der Waals surface area contributed by atoms with Crippen molar-refractivity contribution in [2.24, 2.45) is 4.99 Å². The Kier molecular flexibility index (Phi) is 6.91. The lowest BCUT2D eigenvalue weighted by atomic mass is 10.2. The van der Waals surface area contributed by atoms with Gasteiger partial charge in [0.1, 0.15) is 0 Å². The fraction of sp³-hybridized carbons (Fsp3) is 0.304. The lowest BCUT2D eigenvalue weighted by Gasteiger charge is -2.04. The topological polar surface area (TPSA) is 68.5 Å². The van der Waals surface area contributed by atoms with Crippen LogP contribution in [0.1, 0.15) is 30.9 Å². The quantitative estimate of drug-likeness (QED) is 0.524. The van der Waals surface area contributed by atoms with Gasteiger partial charge in [-0.05, 0) is 49.6 Å². The Hall–Kier alpha value is -2.69. The summed E-state index contributed by atoms with van der Waals surface area (Å²) in [6.07, 6.45) is 6.71.